The first-order valence-electron chi connectivity index (χ1n) is 7.36. The van der Waals surface area contributed by atoms with Gasteiger partial charge < -0.3 is 14.8 Å². The van der Waals surface area contributed by atoms with E-state index in [0.717, 1.165) is 38.7 Å². The molecule has 18 heavy (non-hydrogen) atoms. The number of nitrogens with one attached hydrogen (secondary N) is 1. The van der Waals surface area contributed by atoms with E-state index in [1.807, 2.05) is 0 Å². The minimum atomic E-state index is 0.159. The van der Waals surface area contributed by atoms with Gasteiger partial charge in [0.25, 0.3) is 0 Å². The van der Waals surface area contributed by atoms with E-state index in [4.69, 9.17) is 9.47 Å². The molecule has 2 aliphatic rings. The molecule has 0 amide bonds. The summed E-state index contributed by atoms with van der Waals surface area (Å²) in [6.45, 7) is 12.5. The quantitative estimate of drug-likeness (QED) is 0.791. The summed E-state index contributed by atoms with van der Waals surface area (Å²) in [5.41, 5.74) is 0.327. The fraction of sp³-hybridized carbons (Fsp3) is 1.00. The summed E-state index contributed by atoms with van der Waals surface area (Å²) in [4.78, 5) is 0. The maximum atomic E-state index is 5.96. The van der Waals surface area contributed by atoms with E-state index in [2.05, 4.69) is 33.0 Å². The number of hydrogen-bond acceptors (Lipinski definition) is 3. The molecule has 2 fully saturated rings. The molecule has 0 spiro atoms. The summed E-state index contributed by atoms with van der Waals surface area (Å²) < 4.78 is 11.7. The SMILES string of the molecule is CC1OCCC1(CNC(C)(C)C)COCC1CC1. The minimum absolute atomic E-state index is 0.159. The van der Waals surface area contributed by atoms with Crippen LogP contribution in [0.3, 0.4) is 0 Å². The van der Waals surface area contributed by atoms with Crippen LogP contribution in [0, 0.1) is 11.3 Å². The third kappa shape index (κ3) is 3.94. The van der Waals surface area contributed by atoms with Crippen LogP contribution in [0.5, 0.6) is 0 Å². The molecule has 1 N–H and O–H groups in total. The van der Waals surface area contributed by atoms with Gasteiger partial charge in [0.1, 0.15) is 0 Å². The van der Waals surface area contributed by atoms with Gasteiger partial charge in [0.15, 0.2) is 0 Å². The Bertz CT molecular complexity index is 270. The monoisotopic (exact) mass is 255 g/mol. The predicted octanol–water partition coefficient (Wildman–Crippen LogP) is 2.60. The largest absolute Gasteiger partial charge is 0.380 e. The van der Waals surface area contributed by atoms with Gasteiger partial charge >= 0.3 is 0 Å². The van der Waals surface area contributed by atoms with Crippen molar-refractivity contribution in [3.63, 3.8) is 0 Å². The van der Waals surface area contributed by atoms with Crippen LogP contribution < -0.4 is 5.32 Å². The van der Waals surface area contributed by atoms with Crippen molar-refractivity contribution >= 4 is 0 Å². The van der Waals surface area contributed by atoms with E-state index in [1.165, 1.54) is 12.8 Å². The smallest absolute Gasteiger partial charge is 0.0638 e. The molecular weight excluding hydrogens is 226 g/mol. The van der Waals surface area contributed by atoms with Crippen LogP contribution in [0.15, 0.2) is 0 Å². The second-order valence-electron chi connectivity index (χ2n) is 7.19. The Morgan fingerprint density at radius 2 is 2.06 bits per heavy atom. The van der Waals surface area contributed by atoms with Crippen LogP contribution >= 0.6 is 0 Å². The first-order valence-corrected chi connectivity index (χ1v) is 7.36. The number of ether oxygens (including phenoxy) is 2. The summed E-state index contributed by atoms with van der Waals surface area (Å²) in [5.74, 6) is 0.843. The normalized spacial score (nSPS) is 33.0. The van der Waals surface area contributed by atoms with Crippen molar-refractivity contribution in [2.45, 2.75) is 58.6 Å². The Labute approximate surface area is 112 Å². The van der Waals surface area contributed by atoms with Crippen LogP contribution in [0.2, 0.25) is 0 Å². The van der Waals surface area contributed by atoms with Gasteiger partial charge in [-0.3, -0.25) is 0 Å². The molecule has 0 aromatic rings. The second-order valence-corrected chi connectivity index (χ2v) is 7.19. The molecule has 3 nitrogen and oxygen atoms in total. The lowest BCUT2D eigenvalue weighted by Crippen LogP contribution is -2.49. The molecule has 1 saturated heterocycles. The average molecular weight is 255 g/mol. The lowest BCUT2D eigenvalue weighted by atomic mass is 9.81. The van der Waals surface area contributed by atoms with E-state index in [-0.39, 0.29) is 11.0 Å². The summed E-state index contributed by atoms with van der Waals surface area (Å²) in [5, 5.41) is 3.63. The van der Waals surface area contributed by atoms with Crippen molar-refractivity contribution in [3.05, 3.63) is 0 Å². The summed E-state index contributed by atoms with van der Waals surface area (Å²) in [6.07, 6.45) is 4.13. The fourth-order valence-electron chi connectivity index (χ4n) is 2.45. The predicted molar refractivity (Wildman–Crippen MR) is 73.8 cm³/mol. The molecule has 2 rings (SSSR count). The van der Waals surface area contributed by atoms with Crippen molar-refractivity contribution in [1.82, 2.24) is 5.32 Å². The van der Waals surface area contributed by atoms with Gasteiger partial charge in [0.2, 0.25) is 0 Å². The van der Waals surface area contributed by atoms with Gasteiger partial charge in [-0.1, -0.05) is 0 Å². The zero-order chi connectivity index (χ0) is 13.2. The molecule has 1 saturated carbocycles. The van der Waals surface area contributed by atoms with Crippen molar-refractivity contribution in [2.75, 3.05) is 26.4 Å². The molecule has 1 aliphatic heterocycles. The Hall–Kier alpha value is -0.120. The highest BCUT2D eigenvalue weighted by molar-refractivity contribution is 4.93. The average Bonchev–Trinajstić information content (AvgIpc) is 3.01. The number of rotatable bonds is 6. The molecule has 2 unspecified atom stereocenters. The second kappa shape index (κ2) is 5.48. The molecule has 106 valence electrons. The zero-order valence-corrected chi connectivity index (χ0v) is 12.4. The standard InChI is InChI=1S/C15H29NO2/c1-12-15(7-8-18-12,10-16-14(2,3)4)11-17-9-13-5-6-13/h12-13,16H,5-11H2,1-4H3. The van der Waals surface area contributed by atoms with Crippen molar-refractivity contribution in [3.8, 4) is 0 Å². The topological polar surface area (TPSA) is 30.5 Å². The third-order valence-corrected chi connectivity index (χ3v) is 4.24. The van der Waals surface area contributed by atoms with Crippen molar-refractivity contribution in [2.24, 2.45) is 11.3 Å². The molecule has 1 aliphatic carbocycles. The van der Waals surface area contributed by atoms with Crippen LogP contribution in [0.1, 0.15) is 47.0 Å². The molecule has 0 aromatic heterocycles. The Morgan fingerprint density at radius 3 is 2.56 bits per heavy atom. The third-order valence-electron chi connectivity index (χ3n) is 4.24. The summed E-state index contributed by atoms with van der Waals surface area (Å²) in [6, 6.07) is 0. The molecule has 0 bridgehead atoms. The summed E-state index contributed by atoms with van der Waals surface area (Å²) >= 11 is 0. The zero-order valence-electron chi connectivity index (χ0n) is 12.4. The fourth-order valence-corrected chi connectivity index (χ4v) is 2.45. The van der Waals surface area contributed by atoms with E-state index >= 15 is 0 Å². The van der Waals surface area contributed by atoms with Crippen LogP contribution in [-0.2, 0) is 9.47 Å². The molecule has 0 aromatic carbocycles. The van der Waals surface area contributed by atoms with E-state index < -0.39 is 0 Å². The maximum Gasteiger partial charge on any atom is 0.0638 e. The minimum Gasteiger partial charge on any atom is -0.380 e. The van der Waals surface area contributed by atoms with E-state index in [9.17, 15) is 0 Å². The molecule has 2 atom stereocenters. The molecule has 1 heterocycles. The van der Waals surface area contributed by atoms with E-state index in [0.29, 0.717) is 6.10 Å². The highest BCUT2D eigenvalue weighted by Crippen LogP contribution is 2.36. The van der Waals surface area contributed by atoms with Gasteiger partial charge in [0, 0.05) is 30.7 Å². The first-order chi connectivity index (χ1) is 8.41. The van der Waals surface area contributed by atoms with Gasteiger partial charge in [-0.05, 0) is 52.9 Å². The summed E-state index contributed by atoms with van der Waals surface area (Å²) in [7, 11) is 0. The van der Waals surface area contributed by atoms with Gasteiger partial charge in [-0.25, -0.2) is 0 Å². The molecule has 0 radical (unpaired) electrons. The van der Waals surface area contributed by atoms with Gasteiger partial charge in [0.05, 0.1) is 12.7 Å². The Kier molecular flexibility index (Phi) is 4.35. The lowest BCUT2D eigenvalue weighted by molar-refractivity contribution is -0.0116. The van der Waals surface area contributed by atoms with Gasteiger partial charge in [-0.2, -0.15) is 0 Å². The highest BCUT2D eigenvalue weighted by atomic mass is 16.5. The van der Waals surface area contributed by atoms with Crippen LogP contribution in [-0.4, -0.2) is 38.0 Å². The van der Waals surface area contributed by atoms with Crippen molar-refractivity contribution in [1.29, 1.82) is 0 Å². The first kappa shape index (κ1) is 14.3. The number of hydrogen-bond donors (Lipinski definition) is 1. The van der Waals surface area contributed by atoms with E-state index in [1.54, 1.807) is 0 Å². The van der Waals surface area contributed by atoms with Crippen LogP contribution in [0.4, 0.5) is 0 Å². The molecule has 3 heteroatoms. The van der Waals surface area contributed by atoms with Crippen LogP contribution in [0.25, 0.3) is 0 Å². The van der Waals surface area contributed by atoms with Gasteiger partial charge in [-0.15, -0.1) is 0 Å². The molecular formula is C15H29NO2. The maximum absolute atomic E-state index is 5.96. The lowest BCUT2D eigenvalue weighted by Gasteiger charge is -2.35. The highest BCUT2D eigenvalue weighted by Gasteiger charge is 2.42. The Morgan fingerprint density at radius 1 is 1.33 bits per heavy atom. The Balaban J connectivity index is 1.85. The van der Waals surface area contributed by atoms with Crippen molar-refractivity contribution < 1.29 is 9.47 Å².